The third-order valence-corrected chi connectivity index (χ3v) is 6.90. The van der Waals surface area contributed by atoms with Crippen LogP contribution in [0.4, 0.5) is 0 Å². The molecule has 0 aliphatic carbocycles. The molecule has 0 unspecified atom stereocenters. The molecule has 1 fully saturated rings. The second-order valence-electron chi connectivity index (χ2n) is 7.38. The molecule has 0 amide bonds. The van der Waals surface area contributed by atoms with Crippen LogP contribution in [0.3, 0.4) is 0 Å². The minimum absolute atomic E-state index is 0.307. The van der Waals surface area contributed by atoms with Crippen molar-refractivity contribution in [3.63, 3.8) is 0 Å². The van der Waals surface area contributed by atoms with Gasteiger partial charge in [0.2, 0.25) is 10.0 Å². The first-order chi connectivity index (χ1) is 13.5. The summed E-state index contributed by atoms with van der Waals surface area (Å²) in [5, 5.41) is 0. The van der Waals surface area contributed by atoms with Crippen LogP contribution in [0.25, 0.3) is 0 Å². The van der Waals surface area contributed by atoms with E-state index in [2.05, 4.69) is 23.5 Å². The van der Waals surface area contributed by atoms with E-state index in [0.29, 0.717) is 30.6 Å². The van der Waals surface area contributed by atoms with Gasteiger partial charge in [0.1, 0.15) is 0 Å². The van der Waals surface area contributed by atoms with Gasteiger partial charge >= 0.3 is 0 Å². The highest BCUT2D eigenvalue weighted by Crippen LogP contribution is 2.23. The van der Waals surface area contributed by atoms with Crippen molar-refractivity contribution in [2.24, 2.45) is 0 Å². The van der Waals surface area contributed by atoms with Crippen LogP contribution in [0, 0.1) is 0 Å². The van der Waals surface area contributed by atoms with Crippen LogP contribution in [0.1, 0.15) is 43.4 Å². The Morgan fingerprint density at radius 3 is 2.25 bits per heavy atom. The maximum absolute atomic E-state index is 13.1. The lowest BCUT2D eigenvalue weighted by atomic mass is 9.99. The molecule has 2 atom stereocenters. The number of morpholine rings is 1. The summed E-state index contributed by atoms with van der Waals surface area (Å²) in [6, 6.07) is 16.7. The predicted octanol–water partition coefficient (Wildman–Crippen LogP) is 3.55. The summed E-state index contributed by atoms with van der Waals surface area (Å²) in [4.78, 5) is 2.55. The summed E-state index contributed by atoms with van der Waals surface area (Å²) in [6.45, 7) is 7.90. The van der Waals surface area contributed by atoms with E-state index in [1.165, 1.54) is 0 Å². The highest BCUT2D eigenvalue weighted by atomic mass is 32.2. The molecule has 1 aliphatic heterocycles. The topological polar surface area (TPSA) is 58.6 Å². The van der Waals surface area contributed by atoms with Crippen molar-refractivity contribution in [1.82, 2.24) is 9.62 Å². The molecule has 2 aromatic carbocycles. The molecule has 0 aromatic heterocycles. The first kappa shape index (κ1) is 21.0. The second kappa shape index (κ2) is 9.65. The van der Waals surface area contributed by atoms with Gasteiger partial charge in [0, 0.05) is 19.6 Å². The zero-order valence-corrected chi connectivity index (χ0v) is 17.5. The largest absolute Gasteiger partial charge is 0.379 e. The van der Waals surface area contributed by atoms with Crippen molar-refractivity contribution in [2.45, 2.75) is 37.1 Å². The van der Waals surface area contributed by atoms with Crippen molar-refractivity contribution < 1.29 is 13.2 Å². The lowest BCUT2D eigenvalue weighted by Gasteiger charge is -2.31. The normalized spacial score (nSPS) is 17.9. The van der Waals surface area contributed by atoms with E-state index in [9.17, 15) is 8.42 Å². The number of rotatable bonds is 8. The Bertz CT molecular complexity index is 832. The van der Waals surface area contributed by atoms with Gasteiger partial charge < -0.3 is 4.74 Å². The van der Waals surface area contributed by atoms with Crippen LogP contribution in [0.5, 0.6) is 0 Å². The SMILES string of the molecule is CC[C@@H](C)c1ccc(S(=O)(=O)N[C@@H](CN2CCOCC2)c2ccccc2)cc1. The fraction of sp³-hybridized carbons (Fsp3) is 0.455. The molecular weight excluding hydrogens is 372 g/mol. The number of hydrogen-bond acceptors (Lipinski definition) is 4. The Kier molecular flexibility index (Phi) is 7.24. The number of nitrogens with zero attached hydrogens (tertiary/aromatic N) is 1. The Hall–Kier alpha value is -1.73. The maximum atomic E-state index is 13.1. The summed E-state index contributed by atoms with van der Waals surface area (Å²) in [5.41, 5.74) is 2.13. The van der Waals surface area contributed by atoms with Crippen LogP contribution in [-0.2, 0) is 14.8 Å². The second-order valence-corrected chi connectivity index (χ2v) is 9.09. The van der Waals surface area contributed by atoms with E-state index >= 15 is 0 Å². The van der Waals surface area contributed by atoms with Gasteiger partial charge in [-0.05, 0) is 35.6 Å². The van der Waals surface area contributed by atoms with Crippen molar-refractivity contribution in [3.05, 3.63) is 65.7 Å². The smallest absolute Gasteiger partial charge is 0.241 e. The van der Waals surface area contributed by atoms with Gasteiger partial charge in [0.05, 0.1) is 24.2 Å². The van der Waals surface area contributed by atoms with Gasteiger partial charge in [0.15, 0.2) is 0 Å². The molecule has 0 radical (unpaired) electrons. The first-order valence-electron chi connectivity index (χ1n) is 9.97. The highest BCUT2D eigenvalue weighted by Gasteiger charge is 2.24. The number of nitrogens with one attached hydrogen (secondary N) is 1. The molecule has 0 bridgehead atoms. The standard InChI is InChI=1S/C22H30N2O3S/c1-3-18(2)19-9-11-21(12-10-19)28(25,26)23-22(20-7-5-4-6-8-20)17-24-13-15-27-16-14-24/h4-12,18,22-23H,3,13-17H2,1-2H3/t18-,22+/m1/s1. The first-order valence-corrected chi connectivity index (χ1v) is 11.4. The zero-order chi connectivity index (χ0) is 20.0. The van der Waals surface area contributed by atoms with E-state index in [1.54, 1.807) is 12.1 Å². The third-order valence-electron chi connectivity index (χ3n) is 5.42. The average molecular weight is 403 g/mol. The molecule has 1 saturated heterocycles. The van der Waals surface area contributed by atoms with Gasteiger partial charge in [-0.1, -0.05) is 56.3 Å². The van der Waals surface area contributed by atoms with Crippen LogP contribution in [-0.4, -0.2) is 46.2 Å². The van der Waals surface area contributed by atoms with Gasteiger partial charge in [-0.2, -0.15) is 0 Å². The summed E-state index contributed by atoms with van der Waals surface area (Å²) >= 11 is 0. The molecule has 1 N–H and O–H groups in total. The predicted molar refractivity (Wildman–Crippen MR) is 112 cm³/mol. The Balaban J connectivity index is 1.80. The minimum Gasteiger partial charge on any atom is -0.379 e. The van der Waals surface area contributed by atoms with E-state index in [-0.39, 0.29) is 6.04 Å². The molecule has 3 rings (SSSR count). The van der Waals surface area contributed by atoms with Crippen LogP contribution >= 0.6 is 0 Å². The molecule has 0 spiro atoms. The molecule has 0 saturated carbocycles. The fourth-order valence-electron chi connectivity index (χ4n) is 3.40. The van der Waals surface area contributed by atoms with Crippen molar-refractivity contribution in [2.75, 3.05) is 32.8 Å². The molecule has 1 heterocycles. The lowest BCUT2D eigenvalue weighted by molar-refractivity contribution is 0.0345. The third kappa shape index (κ3) is 5.41. The average Bonchev–Trinajstić information content (AvgIpc) is 2.74. The minimum atomic E-state index is -3.62. The van der Waals surface area contributed by atoms with E-state index in [0.717, 1.165) is 30.6 Å². The zero-order valence-electron chi connectivity index (χ0n) is 16.7. The summed E-state index contributed by atoms with van der Waals surface area (Å²) in [5.74, 6) is 0.420. The van der Waals surface area contributed by atoms with Crippen molar-refractivity contribution >= 4 is 10.0 Å². The molecule has 28 heavy (non-hydrogen) atoms. The Morgan fingerprint density at radius 1 is 1.00 bits per heavy atom. The fourth-order valence-corrected chi connectivity index (χ4v) is 4.62. The number of ether oxygens (including phenoxy) is 1. The Labute approximate surface area is 168 Å². The van der Waals surface area contributed by atoms with E-state index in [4.69, 9.17) is 4.74 Å². The Morgan fingerprint density at radius 2 is 1.64 bits per heavy atom. The molecule has 152 valence electrons. The maximum Gasteiger partial charge on any atom is 0.241 e. The summed E-state index contributed by atoms with van der Waals surface area (Å²) in [6.07, 6.45) is 1.03. The number of benzene rings is 2. The van der Waals surface area contributed by atoms with Crippen molar-refractivity contribution in [1.29, 1.82) is 0 Å². The quantitative estimate of drug-likeness (QED) is 0.734. The molecular formula is C22H30N2O3S. The number of hydrogen-bond donors (Lipinski definition) is 1. The van der Waals surface area contributed by atoms with E-state index < -0.39 is 10.0 Å². The van der Waals surface area contributed by atoms with Crippen molar-refractivity contribution in [3.8, 4) is 0 Å². The van der Waals surface area contributed by atoms with Gasteiger partial charge in [-0.15, -0.1) is 0 Å². The summed E-state index contributed by atoms with van der Waals surface area (Å²) < 4.78 is 34.5. The molecule has 6 heteroatoms. The number of sulfonamides is 1. The van der Waals surface area contributed by atoms with Crippen LogP contribution < -0.4 is 4.72 Å². The monoisotopic (exact) mass is 402 g/mol. The lowest BCUT2D eigenvalue weighted by Crippen LogP contribution is -2.43. The molecule has 5 nitrogen and oxygen atoms in total. The van der Waals surface area contributed by atoms with Gasteiger partial charge in [-0.25, -0.2) is 13.1 Å². The van der Waals surface area contributed by atoms with Crippen LogP contribution in [0.2, 0.25) is 0 Å². The van der Waals surface area contributed by atoms with Gasteiger partial charge in [0.25, 0.3) is 0 Å². The molecule has 1 aliphatic rings. The van der Waals surface area contributed by atoms with Crippen LogP contribution in [0.15, 0.2) is 59.5 Å². The molecule has 2 aromatic rings. The highest BCUT2D eigenvalue weighted by molar-refractivity contribution is 7.89. The summed E-state index contributed by atoms with van der Waals surface area (Å²) in [7, 11) is -3.62. The van der Waals surface area contributed by atoms with E-state index in [1.807, 2.05) is 42.5 Å². The van der Waals surface area contributed by atoms with Gasteiger partial charge in [-0.3, -0.25) is 4.90 Å².